The maximum Gasteiger partial charge on any atom is 0.270 e. The number of aliphatic hydroxyl groups is 1. The molecule has 2 aromatic rings. The van der Waals surface area contributed by atoms with Crippen LogP contribution < -0.4 is 0 Å². The molecule has 2 aliphatic heterocycles. The summed E-state index contributed by atoms with van der Waals surface area (Å²) in [6, 6.07) is 6.32. The molecule has 1 aromatic heterocycles. The predicted octanol–water partition coefficient (Wildman–Crippen LogP) is 1.93. The largest absolute Gasteiger partial charge is 0.392 e. The summed E-state index contributed by atoms with van der Waals surface area (Å²) in [4.78, 5) is 17.2. The van der Waals surface area contributed by atoms with Crippen LogP contribution in [0.4, 0.5) is 5.69 Å². The van der Waals surface area contributed by atoms with Crippen LogP contribution in [0.15, 0.2) is 28.8 Å². The molecule has 0 aliphatic carbocycles. The maximum absolute atomic E-state index is 10.9. The zero-order chi connectivity index (χ0) is 18.1. The monoisotopic (exact) mass is 360 g/mol. The molecule has 1 N–H and O–H groups in total. The third-order valence-corrected chi connectivity index (χ3v) is 5.02. The van der Waals surface area contributed by atoms with Gasteiger partial charge < -0.3 is 14.4 Å². The first-order chi connectivity index (χ1) is 12.6. The van der Waals surface area contributed by atoms with Crippen molar-refractivity contribution in [2.24, 2.45) is 0 Å². The van der Waals surface area contributed by atoms with Crippen molar-refractivity contribution in [2.75, 3.05) is 19.8 Å². The van der Waals surface area contributed by atoms with Gasteiger partial charge in [0, 0.05) is 43.5 Å². The van der Waals surface area contributed by atoms with E-state index in [-0.39, 0.29) is 11.7 Å². The highest BCUT2D eigenvalue weighted by atomic mass is 16.6. The van der Waals surface area contributed by atoms with E-state index in [4.69, 9.17) is 9.26 Å². The van der Waals surface area contributed by atoms with E-state index >= 15 is 0 Å². The molecular weight excluding hydrogens is 340 g/mol. The molecular formula is C17H20N4O5. The van der Waals surface area contributed by atoms with Crippen molar-refractivity contribution in [3.8, 4) is 11.4 Å². The second kappa shape index (κ2) is 7.10. The molecule has 0 unspecified atom stereocenters. The average molecular weight is 360 g/mol. The summed E-state index contributed by atoms with van der Waals surface area (Å²) in [7, 11) is 0. The van der Waals surface area contributed by atoms with E-state index < -0.39 is 11.0 Å². The van der Waals surface area contributed by atoms with Crippen molar-refractivity contribution in [1.29, 1.82) is 0 Å². The molecule has 9 heteroatoms. The Bertz CT molecular complexity index is 789. The molecule has 1 aromatic carbocycles. The summed E-state index contributed by atoms with van der Waals surface area (Å²) >= 11 is 0. The van der Waals surface area contributed by atoms with Crippen LogP contribution in [0.5, 0.6) is 0 Å². The Hall–Kier alpha value is -2.36. The minimum absolute atomic E-state index is 0.0195. The lowest BCUT2D eigenvalue weighted by molar-refractivity contribution is -0.384. The lowest BCUT2D eigenvalue weighted by Gasteiger charge is -2.33. The fourth-order valence-electron chi connectivity index (χ4n) is 3.75. The molecule has 138 valence electrons. The Morgan fingerprint density at radius 1 is 1.31 bits per heavy atom. The van der Waals surface area contributed by atoms with E-state index in [2.05, 4.69) is 15.0 Å². The Morgan fingerprint density at radius 3 is 2.88 bits per heavy atom. The Labute approximate surface area is 149 Å². The number of rotatable bonds is 4. The van der Waals surface area contributed by atoms with Gasteiger partial charge in [-0.2, -0.15) is 4.98 Å². The number of aliphatic hydroxyl groups excluding tert-OH is 1. The lowest BCUT2D eigenvalue weighted by atomic mass is 10.1. The number of nitrogens with zero attached hydrogens (tertiary/aromatic N) is 4. The quantitative estimate of drug-likeness (QED) is 0.650. The van der Waals surface area contributed by atoms with E-state index in [0.717, 1.165) is 12.8 Å². The third kappa shape index (κ3) is 3.33. The summed E-state index contributed by atoms with van der Waals surface area (Å²) in [5.74, 6) is 0.756. The van der Waals surface area contributed by atoms with E-state index in [9.17, 15) is 15.2 Å². The van der Waals surface area contributed by atoms with Gasteiger partial charge >= 0.3 is 0 Å². The topological polar surface area (TPSA) is 115 Å². The average Bonchev–Trinajstić information content (AvgIpc) is 3.29. The highest BCUT2D eigenvalue weighted by Gasteiger charge is 2.40. The van der Waals surface area contributed by atoms with Gasteiger partial charge in [0.15, 0.2) is 0 Å². The normalized spacial score (nSPS) is 24.8. The highest BCUT2D eigenvalue weighted by molar-refractivity contribution is 5.58. The van der Waals surface area contributed by atoms with Gasteiger partial charge in [-0.1, -0.05) is 17.3 Å². The van der Waals surface area contributed by atoms with Crippen molar-refractivity contribution in [2.45, 2.75) is 37.5 Å². The fourth-order valence-corrected chi connectivity index (χ4v) is 3.75. The summed E-state index contributed by atoms with van der Waals surface area (Å²) in [6.45, 7) is 2.00. The SMILES string of the molecule is O=[N+]([O-])c1cccc(-c2noc([C@@H]3C[C@@H](O)CN3C3CCOCC3)n2)c1. The van der Waals surface area contributed by atoms with Gasteiger partial charge in [0.2, 0.25) is 11.7 Å². The van der Waals surface area contributed by atoms with E-state index in [1.807, 2.05) is 0 Å². The second-order valence-electron chi connectivity index (χ2n) is 6.71. The number of nitro benzene ring substituents is 1. The molecule has 2 atom stereocenters. The number of β-amino-alcohol motifs (C(OH)–C–C–N with tert-alkyl or cyclic N) is 1. The number of aromatic nitrogens is 2. The van der Waals surface area contributed by atoms with Crippen LogP contribution in [0.3, 0.4) is 0 Å². The summed E-state index contributed by atoms with van der Waals surface area (Å²) < 4.78 is 10.9. The van der Waals surface area contributed by atoms with Gasteiger partial charge in [-0.25, -0.2) is 0 Å². The second-order valence-corrected chi connectivity index (χ2v) is 6.71. The standard InChI is InChI=1S/C17H20N4O5/c22-14-9-15(20(10-14)12-4-6-25-7-5-12)17-18-16(19-26-17)11-2-1-3-13(8-11)21(23)24/h1-3,8,12,14-15,22H,4-7,9-10H2/t14-,15+/m1/s1. The molecule has 0 radical (unpaired) electrons. The molecule has 0 saturated carbocycles. The van der Waals surface area contributed by atoms with Crippen molar-refractivity contribution in [3.63, 3.8) is 0 Å². The van der Waals surface area contributed by atoms with Crippen LogP contribution in [0.2, 0.25) is 0 Å². The zero-order valence-electron chi connectivity index (χ0n) is 14.2. The van der Waals surface area contributed by atoms with Crippen molar-refractivity contribution >= 4 is 5.69 Å². The van der Waals surface area contributed by atoms with Gasteiger partial charge in [0.1, 0.15) is 0 Å². The number of nitro groups is 1. The minimum atomic E-state index is -0.454. The number of hydrogen-bond acceptors (Lipinski definition) is 8. The maximum atomic E-state index is 10.9. The molecule has 0 spiro atoms. The number of benzene rings is 1. The Morgan fingerprint density at radius 2 is 2.12 bits per heavy atom. The molecule has 2 aliphatic rings. The fraction of sp³-hybridized carbons (Fsp3) is 0.529. The van der Waals surface area contributed by atoms with E-state index in [1.165, 1.54) is 12.1 Å². The van der Waals surface area contributed by atoms with Crippen molar-refractivity contribution in [1.82, 2.24) is 15.0 Å². The lowest BCUT2D eigenvalue weighted by Crippen LogP contribution is -2.39. The van der Waals surface area contributed by atoms with Gasteiger partial charge in [-0.05, 0) is 19.3 Å². The molecule has 4 rings (SSSR count). The Kier molecular flexibility index (Phi) is 4.66. The van der Waals surface area contributed by atoms with Crippen molar-refractivity contribution < 1.29 is 19.3 Å². The third-order valence-electron chi connectivity index (χ3n) is 5.02. The van der Waals surface area contributed by atoms with Crippen LogP contribution in [0.25, 0.3) is 11.4 Å². The molecule has 2 fully saturated rings. The number of hydrogen-bond donors (Lipinski definition) is 1. The molecule has 9 nitrogen and oxygen atoms in total. The molecule has 26 heavy (non-hydrogen) atoms. The summed E-state index contributed by atoms with van der Waals surface area (Å²) in [6.07, 6.45) is 1.92. The minimum Gasteiger partial charge on any atom is -0.392 e. The first kappa shape index (κ1) is 17.1. The smallest absolute Gasteiger partial charge is 0.270 e. The number of likely N-dealkylation sites (tertiary alicyclic amines) is 1. The van der Waals surface area contributed by atoms with Gasteiger partial charge in [-0.15, -0.1) is 0 Å². The molecule has 0 bridgehead atoms. The Balaban J connectivity index is 1.58. The van der Waals surface area contributed by atoms with Crippen LogP contribution in [0, 0.1) is 10.1 Å². The van der Waals surface area contributed by atoms with Crippen LogP contribution in [-0.4, -0.2) is 57.0 Å². The molecule has 2 saturated heterocycles. The van der Waals surface area contributed by atoms with Crippen LogP contribution in [-0.2, 0) is 4.74 Å². The van der Waals surface area contributed by atoms with Crippen LogP contribution in [0.1, 0.15) is 31.2 Å². The first-order valence-corrected chi connectivity index (χ1v) is 8.72. The number of non-ortho nitro benzene ring substituents is 1. The van der Waals surface area contributed by atoms with Crippen molar-refractivity contribution in [3.05, 3.63) is 40.3 Å². The zero-order valence-corrected chi connectivity index (χ0v) is 14.2. The summed E-state index contributed by atoms with van der Waals surface area (Å²) in [5, 5.41) is 25.1. The van der Waals surface area contributed by atoms with Crippen LogP contribution >= 0.6 is 0 Å². The molecule has 3 heterocycles. The van der Waals surface area contributed by atoms with E-state index in [1.54, 1.807) is 12.1 Å². The highest BCUT2D eigenvalue weighted by Crippen LogP contribution is 2.36. The predicted molar refractivity (Wildman–Crippen MR) is 90.3 cm³/mol. The van der Waals surface area contributed by atoms with Gasteiger partial charge in [0.25, 0.3) is 5.69 Å². The van der Waals surface area contributed by atoms with Gasteiger partial charge in [0.05, 0.1) is 17.1 Å². The number of ether oxygens (including phenoxy) is 1. The first-order valence-electron chi connectivity index (χ1n) is 8.72. The summed E-state index contributed by atoms with van der Waals surface area (Å²) in [5.41, 5.74) is 0.513. The molecule has 0 amide bonds. The van der Waals surface area contributed by atoms with E-state index in [0.29, 0.717) is 49.5 Å². The van der Waals surface area contributed by atoms with Gasteiger partial charge in [-0.3, -0.25) is 15.0 Å².